The summed E-state index contributed by atoms with van der Waals surface area (Å²) in [7, 11) is 0. The fourth-order valence-electron chi connectivity index (χ4n) is 2.36. The first-order chi connectivity index (χ1) is 8.17. The monoisotopic (exact) mass is 249 g/mol. The normalized spacial score (nSPS) is 17.2. The molecular weight excluding hydrogens is 230 g/mol. The second-order valence-electron chi connectivity index (χ2n) is 4.82. The number of aromatic nitrogens is 1. The maximum absolute atomic E-state index is 5.66. The van der Waals surface area contributed by atoms with Crippen LogP contribution in [0.15, 0.2) is 18.3 Å². The fourth-order valence-corrected chi connectivity index (χ4v) is 2.52. The van der Waals surface area contributed by atoms with Gasteiger partial charge in [-0.3, -0.25) is 4.98 Å². The SMILES string of the molecule is CCC1(CNc2cccnc2C(N)=S)CCC1. The van der Waals surface area contributed by atoms with Gasteiger partial charge in [-0.15, -0.1) is 0 Å². The second-order valence-corrected chi connectivity index (χ2v) is 5.26. The maximum Gasteiger partial charge on any atom is 0.124 e. The Bertz CT molecular complexity index is 407. The molecule has 0 aliphatic heterocycles. The lowest BCUT2D eigenvalue weighted by Gasteiger charge is -2.41. The molecule has 0 unspecified atom stereocenters. The lowest BCUT2D eigenvalue weighted by Crippen LogP contribution is -2.36. The fraction of sp³-hybridized carbons (Fsp3) is 0.538. The van der Waals surface area contributed by atoms with Gasteiger partial charge in [-0.05, 0) is 36.8 Å². The molecule has 1 saturated carbocycles. The van der Waals surface area contributed by atoms with Crippen LogP contribution in [-0.4, -0.2) is 16.5 Å². The number of hydrogen-bond donors (Lipinski definition) is 2. The van der Waals surface area contributed by atoms with E-state index in [1.54, 1.807) is 6.20 Å². The Kier molecular flexibility index (Phi) is 3.62. The van der Waals surface area contributed by atoms with Gasteiger partial charge in [0.25, 0.3) is 0 Å². The molecule has 0 amide bonds. The molecule has 0 saturated heterocycles. The second kappa shape index (κ2) is 5.00. The maximum atomic E-state index is 5.66. The highest BCUT2D eigenvalue weighted by atomic mass is 32.1. The Labute approximate surface area is 108 Å². The minimum absolute atomic E-state index is 0.354. The number of thiocarbonyl (C=S) groups is 1. The van der Waals surface area contributed by atoms with E-state index in [1.807, 2.05) is 12.1 Å². The summed E-state index contributed by atoms with van der Waals surface area (Å²) in [5, 5.41) is 3.46. The number of nitrogens with zero attached hydrogens (tertiary/aromatic N) is 1. The molecule has 3 nitrogen and oxygen atoms in total. The quantitative estimate of drug-likeness (QED) is 0.788. The lowest BCUT2D eigenvalue weighted by molar-refractivity contribution is 0.145. The van der Waals surface area contributed by atoms with Crippen LogP contribution < -0.4 is 11.1 Å². The molecule has 17 heavy (non-hydrogen) atoms. The van der Waals surface area contributed by atoms with Gasteiger partial charge in [0.05, 0.1) is 5.69 Å². The van der Waals surface area contributed by atoms with Crippen molar-refractivity contribution < 1.29 is 0 Å². The minimum atomic E-state index is 0.354. The number of nitrogens with two attached hydrogens (primary N) is 1. The smallest absolute Gasteiger partial charge is 0.124 e. The summed E-state index contributed by atoms with van der Waals surface area (Å²) in [5.41, 5.74) is 7.80. The zero-order chi connectivity index (χ0) is 12.3. The molecule has 4 heteroatoms. The van der Waals surface area contributed by atoms with Crippen molar-refractivity contribution in [3.63, 3.8) is 0 Å². The third-order valence-electron chi connectivity index (χ3n) is 3.86. The molecule has 0 radical (unpaired) electrons. The molecule has 0 bridgehead atoms. The van der Waals surface area contributed by atoms with Crippen molar-refractivity contribution in [2.45, 2.75) is 32.6 Å². The average molecular weight is 249 g/mol. The predicted molar refractivity (Wildman–Crippen MR) is 75.2 cm³/mol. The zero-order valence-corrected chi connectivity index (χ0v) is 11.0. The van der Waals surface area contributed by atoms with Crippen LogP contribution in [0.1, 0.15) is 38.3 Å². The number of hydrogen-bond acceptors (Lipinski definition) is 3. The van der Waals surface area contributed by atoms with E-state index in [0.29, 0.717) is 16.1 Å². The van der Waals surface area contributed by atoms with Gasteiger partial charge in [0.15, 0.2) is 0 Å². The standard InChI is InChI=1S/C13H19N3S/c1-2-13(6-4-7-13)9-16-10-5-3-8-15-11(10)12(14)17/h3,5,8,16H,2,4,6-7,9H2,1H3,(H2,14,17). The Morgan fingerprint density at radius 1 is 1.59 bits per heavy atom. The van der Waals surface area contributed by atoms with E-state index < -0.39 is 0 Å². The van der Waals surface area contributed by atoms with Gasteiger partial charge in [0.1, 0.15) is 10.7 Å². The third-order valence-corrected chi connectivity index (χ3v) is 4.05. The van der Waals surface area contributed by atoms with Gasteiger partial charge in [0, 0.05) is 12.7 Å². The van der Waals surface area contributed by atoms with Crippen LogP contribution in [0.25, 0.3) is 0 Å². The van der Waals surface area contributed by atoms with Crippen molar-refractivity contribution in [2.24, 2.45) is 11.1 Å². The van der Waals surface area contributed by atoms with Crippen molar-refractivity contribution in [1.82, 2.24) is 4.98 Å². The number of rotatable bonds is 5. The first kappa shape index (κ1) is 12.3. The van der Waals surface area contributed by atoms with Crippen molar-refractivity contribution in [3.8, 4) is 0 Å². The molecule has 1 heterocycles. The molecule has 0 spiro atoms. The van der Waals surface area contributed by atoms with Crippen LogP contribution in [-0.2, 0) is 0 Å². The highest BCUT2D eigenvalue weighted by Crippen LogP contribution is 2.43. The summed E-state index contributed by atoms with van der Waals surface area (Å²) in [6.07, 6.45) is 6.93. The molecule has 1 aliphatic carbocycles. The Hall–Kier alpha value is -1.16. The van der Waals surface area contributed by atoms with E-state index in [9.17, 15) is 0 Å². The Balaban J connectivity index is 2.06. The first-order valence-corrected chi connectivity index (χ1v) is 6.56. The van der Waals surface area contributed by atoms with Gasteiger partial charge in [0.2, 0.25) is 0 Å². The van der Waals surface area contributed by atoms with Crippen LogP contribution in [0, 0.1) is 5.41 Å². The van der Waals surface area contributed by atoms with E-state index in [1.165, 1.54) is 25.7 Å². The largest absolute Gasteiger partial charge is 0.388 e. The molecule has 92 valence electrons. The topological polar surface area (TPSA) is 50.9 Å². The zero-order valence-electron chi connectivity index (χ0n) is 10.2. The predicted octanol–water partition coefficient (Wildman–Crippen LogP) is 2.71. The van der Waals surface area contributed by atoms with E-state index in [0.717, 1.165) is 12.2 Å². The van der Waals surface area contributed by atoms with E-state index in [-0.39, 0.29) is 0 Å². The highest BCUT2D eigenvalue weighted by molar-refractivity contribution is 7.80. The summed E-state index contributed by atoms with van der Waals surface area (Å²) >= 11 is 5.00. The molecule has 2 rings (SSSR count). The molecule has 1 aromatic rings. The van der Waals surface area contributed by atoms with Gasteiger partial charge in [-0.1, -0.05) is 25.6 Å². The van der Waals surface area contributed by atoms with Crippen LogP contribution in [0.2, 0.25) is 0 Å². The molecular formula is C13H19N3S. The van der Waals surface area contributed by atoms with E-state index >= 15 is 0 Å². The van der Waals surface area contributed by atoms with E-state index in [4.69, 9.17) is 18.0 Å². The third kappa shape index (κ3) is 2.57. The highest BCUT2D eigenvalue weighted by Gasteiger charge is 2.34. The summed E-state index contributed by atoms with van der Waals surface area (Å²) in [6.45, 7) is 3.25. The lowest BCUT2D eigenvalue weighted by atomic mass is 9.67. The van der Waals surface area contributed by atoms with Gasteiger partial charge in [-0.25, -0.2) is 0 Å². The van der Waals surface area contributed by atoms with Crippen LogP contribution in [0.3, 0.4) is 0 Å². The van der Waals surface area contributed by atoms with Crippen LogP contribution in [0.5, 0.6) is 0 Å². The molecule has 1 aromatic heterocycles. The number of pyridine rings is 1. The van der Waals surface area contributed by atoms with Gasteiger partial charge in [-0.2, -0.15) is 0 Å². The first-order valence-electron chi connectivity index (χ1n) is 6.15. The van der Waals surface area contributed by atoms with Gasteiger partial charge < -0.3 is 11.1 Å². The number of nitrogens with one attached hydrogen (secondary N) is 1. The van der Waals surface area contributed by atoms with Crippen LogP contribution in [0.4, 0.5) is 5.69 Å². The molecule has 0 atom stereocenters. The average Bonchev–Trinajstić information content (AvgIpc) is 2.28. The summed E-state index contributed by atoms with van der Waals surface area (Å²) < 4.78 is 0. The van der Waals surface area contributed by atoms with Crippen molar-refractivity contribution in [3.05, 3.63) is 24.0 Å². The van der Waals surface area contributed by atoms with Crippen molar-refractivity contribution >= 4 is 22.9 Å². The number of anilines is 1. The molecule has 1 fully saturated rings. The Morgan fingerprint density at radius 3 is 2.88 bits per heavy atom. The minimum Gasteiger partial charge on any atom is -0.388 e. The van der Waals surface area contributed by atoms with Crippen molar-refractivity contribution in [1.29, 1.82) is 0 Å². The van der Waals surface area contributed by atoms with Crippen molar-refractivity contribution in [2.75, 3.05) is 11.9 Å². The van der Waals surface area contributed by atoms with Crippen LogP contribution >= 0.6 is 12.2 Å². The summed E-state index contributed by atoms with van der Waals surface area (Å²) in [4.78, 5) is 4.57. The molecule has 3 N–H and O–H groups in total. The molecule has 0 aromatic carbocycles. The van der Waals surface area contributed by atoms with Gasteiger partial charge >= 0.3 is 0 Å². The summed E-state index contributed by atoms with van der Waals surface area (Å²) in [5.74, 6) is 0. The summed E-state index contributed by atoms with van der Waals surface area (Å²) in [6, 6.07) is 3.90. The Morgan fingerprint density at radius 2 is 2.35 bits per heavy atom. The molecule has 1 aliphatic rings. The van der Waals surface area contributed by atoms with E-state index in [2.05, 4.69) is 17.2 Å².